The van der Waals surface area contributed by atoms with Crippen molar-refractivity contribution in [1.82, 2.24) is 5.43 Å². The number of ether oxygens (including phenoxy) is 1. The Balaban J connectivity index is 1.99. The van der Waals surface area contributed by atoms with Gasteiger partial charge in [0, 0.05) is 15.1 Å². The first kappa shape index (κ1) is 16.5. The maximum atomic E-state index is 12.6. The van der Waals surface area contributed by atoms with Gasteiger partial charge in [-0.3, -0.25) is 15.0 Å². The van der Waals surface area contributed by atoms with E-state index in [-0.39, 0.29) is 5.57 Å². The van der Waals surface area contributed by atoms with Crippen LogP contribution in [0.1, 0.15) is 5.56 Å². The van der Waals surface area contributed by atoms with Crippen molar-refractivity contribution < 1.29 is 14.3 Å². The Labute approximate surface area is 152 Å². The van der Waals surface area contributed by atoms with Crippen molar-refractivity contribution in [3.8, 4) is 5.75 Å². The Morgan fingerprint density at radius 3 is 2.71 bits per heavy atom. The molecule has 7 heteroatoms. The summed E-state index contributed by atoms with van der Waals surface area (Å²) in [5, 5.41) is 1.69. The molecular formula is C17H12BrClN2O3. The second-order valence-electron chi connectivity index (χ2n) is 5.01. The predicted octanol–water partition coefficient (Wildman–Crippen LogP) is 3.57. The zero-order chi connectivity index (χ0) is 17.3. The van der Waals surface area contributed by atoms with Crippen molar-refractivity contribution in [3.05, 3.63) is 63.1 Å². The molecule has 0 bridgehead atoms. The number of carbonyl (C=O) groups is 2. The fraction of sp³-hybridized carbons (Fsp3) is 0.0588. The molecule has 1 aliphatic heterocycles. The summed E-state index contributed by atoms with van der Waals surface area (Å²) in [4.78, 5) is 24.8. The van der Waals surface area contributed by atoms with E-state index >= 15 is 0 Å². The normalized spacial score (nSPS) is 15.8. The van der Waals surface area contributed by atoms with Crippen LogP contribution in [-0.4, -0.2) is 18.9 Å². The Morgan fingerprint density at radius 2 is 2.00 bits per heavy atom. The van der Waals surface area contributed by atoms with E-state index in [1.54, 1.807) is 36.4 Å². The van der Waals surface area contributed by atoms with Gasteiger partial charge in [0.1, 0.15) is 11.3 Å². The minimum Gasteiger partial charge on any atom is -0.496 e. The van der Waals surface area contributed by atoms with E-state index in [1.807, 2.05) is 6.07 Å². The van der Waals surface area contributed by atoms with Gasteiger partial charge in [0.2, 0.25) is 0 Å². The van der Waals surface area contributed by atoms with Gasteiger partial charge >= 0.3 is 0 Å². The summed E-state index contributed by atoms with van der Waals surface area (Å²) in [6.07, 6.45) is 1.47. The number of carbonyl (C=O) groups excluding carboxylic acids is 2. The highest BCUT2D eigenvalue weighted by Crippen LogP contribution is 2.28. The molecule has 1 heterocycles. The van der Waals surface area contributed by atoms with Gasteiger partial charge < -0.3 is 4.74 Å². The number of rotatable bonds is 3. The van der Waals surface area contributed by atoms with Crippen molar-refractivity contribution >= 4 is 51.1 Å². The molecule has 2 amide bonds. The SMILES string of the molecule is COc1ccc(Cl)cc1C=C1C(=O)NN(c2cccc(Br)c2)C1=O. The number of benzene rings is 2. The van der Waals surface area contributed by atoms with E-state index in [9.17, 15) is 9.59 Å². The van der Waals surface area contributed by atoms with Crippen LogP contribution in [0.2, 0.25) is 5.02 Å². The van der Waals surface area contributed by atoms with E-state index in [0.717, 1.165) is 4.47 Å². The number of nitrogens with one attached hydrogen (secondary N) is 1. The largest absolute Gasteiger partial charge is 0.496 e. The molecule has 122 valence electrons. The lowest BCUT2D eigenvalue weighted by atomic mass is 10.1. The van der Waals surface area contributed by atoms with Crippen LogP contribution in [0.3, 0.4) is 0 Å². The van der Waals surface area contributed by atoms with Gasteiger partial charge in [0.15, 0.2) is 0 Å². The molecule has 24 heavy (non-hydrogen) atoms. The molecule has 1 saturated heterocycles. The lowest BCUT2D eigenvalue weighted by Gasteiger charge is -2.14. The molecule has 0 aromatic heterocycles. The number of hydrogen-bond donors (Lipinski definition) is 1. The third kappa shape index (κ3) is 3.16. The molecule has 1 aliphatic rings. The molecule has 0 atom stereocenters. The Morgan fingerprint density at radius 1 is 1.21 bits per heavy atom. The number of anilines is 1. The number of nitrogens with zero attached hydrogens (tertiary/aromatic N) is 1. The van der Waals surface area contributed by atoms with E-state index in [4.69, 9.17) is 16.3 Å². The minimum atomic E-state index is -0.484. The number of hydrogen-bond acceptors (Lipinski definition) is 3. The fourth-order valence-electron chi connectivity index (χ4n) is 2.33. The highest BCUT2D eigenvalue weighted by molar-refractivity contribution is 9.10. The van der Waals surface area contributed by atoms with E-state index < -0.39 is 11.8 Å². The van der Waals surface area contributed by atoms with E-state index in [1.165, 1.54) is 18.2 Å². The molecule has 2 aromatic carbocycles. The molecule has 1 N–H and O–H groups in total. The van der Waals surface area contributed by atoms with Crippen molar-refractivity contribution in [2.24, 2.45) is 0 Å². The zero-order valence-electron chi connectivity index (χ0n) is 12.5. The second-order valence-corrected chi connectivity index (χ2v) is 6.36. The van der Waals surface area contributed by atoms with Gasteiger partial charge in [-0.15, -0.1) is 0 Å². The number of hydrazine groups is 1. The summed E-state index contributed by atoms with van der Waals surface area (Å²) < 4.78 is 6.04. The van der Waals surface area contributed by atoms with E-state index in [2.05, 4.69) is 21.4 Å². The number of halogens is 2. The van der Waals surface area contributed by atoms with Gasteiger partial charge in [-0.1, -0.05) is 33.6 Å². The highest BCUT2D eigenvalue weighted by Gasteiger charge is 2.34. The summed E-state index contributed by atoms with van der Waals surface area (Å²) in [6.45, 7) is 0. The highest BCUT2D eigenvalue weighted by atomic mass is 79.9. The summed E-state index contributed by atoms with van der Waals surface area (Å²) in [5.74, 6) is -0.407. The predicted molar refractivity (Wildman–Crippen MR) is 95.8 cm³/mol. The Bertz CT molecular complexity index is 867. The Hall–Kier alpha value is -2.31. The van der Waals surface area contributed by atoms with Gasteiger partial charge in [-0.25, -0.2) is 5.01 Å². The van der Waals surface area contributed by atoms with Gasteiger partial charge in [-0.05, 0) is 42.5 Å². The molecule has 0 unspecified atom stereocenters. The maximum Gasteiger partial charge on any atom is 0.282 e. The fourth-order valence-corrected chi connectivity index (χ4v) is 2.90. The lowest BCUT2D eigenvalue weighted by molar-refractivity contribution is -0.117. The molecule has 2 aromatic rings. The van der Waals surface area contributed by atoms with Crippen LogP contribution < -0.4 is 15.2 Å². The standard InChI is InChI=1S/C17H12BrClN2O3/c1-24-15-6-5-12(19)7-10(15)8-14-16(22)20-21(17(14)23)13-4-2-3-11(18)9-13/h2-9H,1H3,(H,20,22). The molecule has 0 aliphatic carbocycles. The van der Waals surface area contributed by atoms with Crippen LogP contribution in [0.5, 0.6) is 5.75 Å². The van der Waals surface area contributed by atoms with Crippen LogP contribution in [0.15, 0.2) is 52.5 Å². The van der Waals surface area contributed by atoms with Crippen molar-refractivity contribution in [1.29, 1.82) is 0 Å². The maximum absolute atomic E-state index is 12.6. The summed E-state index contributed by atoms with van der Waals surface area (Å²) in [5.41, 5.74) is 3.68. The molecule has 3 rings (SSSR count). The minimum absolute atomic E-state index is 0.00976. The van der Waals surface area contributed by atoms with Crippen molar-refractivity contribution in [3.63, 3.8) is 0 Å². The summed E-state index contributed by atoms with van der Waals surface area (Å²) in [6, 6.07) is 12.1. The van der Waals surface area contributed by atoms with Crippen LogP contribution >= 0.6 is 27.5 Å². The monoisotopic (exact) mass is 406 g/mol. The average molecular weight is 408 g/mol. The number of methoxy groups -OCH3 is 1. The molecule has 5 nitrogen and oxygen atoms in total. The lowest BCUT2D eigenvalue weighted by Crippen LogP contribution is -2.35. The first-order valence-electron chi connectivity index (χ1n) is 6.96. The quantitative estimate of drug-likeness (QED) is 0.625. The third-order valence-corrected chi connectivity index (χ3v) is 4.18. The van der Waals surface area contributed by atoms with Crippen LogP contribution in [-0.2, 0) is 9.59 Å². The molecule has 0 spiro atoms. The van der Waals surface area contributed by atoms with Crippen molar-refractivity contribution in [2.75, 3.05) is 12.1 Å². The third-order valence-electron chi connectivity index (χ3n) is 3.45. The molecular weight excluding hydrogens is 396 g/mol. The molecule has 0 saturated carbocycles. The van der Waals surface area contributed by atoms with Gasteiger partial charge in [0.25, 0.3) is 11.8 Å². The summed E-state index contributed by atoms with van der Waals surface area (Å²) in [7, 11) is 1.51. The van der Waals surface area contributed by atoms with Gasteiger partial charge in [-0.2, -0.15) is 0 Å². The first-order chi connectivity index (χ1) is 11.5. The topological polar surface area (TPSA) is 58.6 Å². The van der Waals surface area contributed by atoms with E-state index in [0.29, 0.717) is 22.0 Å². The average Bonchev–Trinajstić information content (AvgIpc) is 2.83. The molecule has 0 radical (unpaired) electrons. The zero-order valence-corrected chi connectivity index (χ0v) is 14.9. The van der Waals surface area contributed by atoms with Crippen LogP contribution in [0.4, 0.5) is 5.69 Å². The smallest absolute Gasteiger partial charge is 0.282 e. The van der Waals surface area contributed by atoms with Gasteiger partial charge in [0.05, 0.1) is 12.8 Å². The first-order valence-corrected chi connectivity index (χ1v) is 8.13. The van der Waals surface area contributed by atoms with Crippen molar-refractivity contribution in [2.45, 2.75) is 0 Å². The molecule has 1 fully saturated rings. The second kappa shape index (κ2) is 6.67. The van der Waals surface area contributed by atoms with Crippen LogP contribution in [0, 0.1) is 0 Å². The summed E-state index contributed by atoms with van der Waals surface area (Å²) >= 11 is 9.33. The van der Waals surface area contributed by atoms with Crippen LogP contribution in [0.25, 0.3) is 6.08 Å². The Kier molecular flexibility index (Phi) is 4.59. The number of amides is 2.